The molecule has 0 saturated carbocycles. The SMILES string of the molecule is O=C(NCc1ccc2c(c1)OCO2)c1cc(NCCc2ccccc2F)ncn1. The molecule has 0 spiro atoms. The van der Waals surface area contributed by atoms with E-state index in [-0.39, 0.29) is 24.2 Å². The number of nitrogens with one attached hydrogen (secondary N) is 2. The average molecular weight is 394 g/mol. The first kappa shape index (κ1) is 18.7. The summed E-state index contributed by atoms with van der Waals surface area (Å²) in [7, 11) is 0. The molecule has 0 atom stereocenters. The van der Waals surface area contributed by atoms with Crippen LogP contribution in [0.1, 0.15) is 21.6 Å². The number of hydrogen-bond acceptors (Lipinski definition) is 6. The smallest absolute Gasteiger partial charge is 0.270 e. The van der Waals surface area contributed by atoms with Crippen LogP contribution in [0.2, 0.25) is 0 Å². The number of nitrogens with zero attached hydrogens (tertiary/aromatic N) is 2. The van der Waals surface area contributed by atoms with Crippen molar-refractivity contribution in [2.24, 2.45) is 0 Å². The summed E-state index contributed by atoms with van der Waals surface area (Å²) < 4.78 is 24.3. The second-order valence-corrected chi connectivity index (χ2v) is 6.43. The van der Waals surface area contributed by atoms with E-state index in [1.807, 2.05) is 18.2 Å². The lowest BCUT2D eigenvalue weighted by Gasteiger charge is -2.08. The van der Waals surface area contributed by atoms with Crippen molar-refractivity contribution in [2.45, 2.75) is 13.0 Å². The van der Waals surface area contributed by atoms with Gasteiger partial charge in [0.2, 0.25) is 6.79 Å². The highest BCUT2D eigenvalue weighted by atomic mass is 19.1. The normalized spacial score (nSPS) is 11.9. The lowest BCUT2D eigenvalue weighted by molar-refractivity contribution is 0.0945. The maximum absolute atomic E-state index is 13.7. The van der Waals surface area contributed by atoms with Crippen LogP contribution in [-0.2, 0) is 13.0 Å². The van der Waals surface area contributed by atoms with E-state index in [1.165, 1.54) is 12.4 Å². The van der Waals surface area contributed by atoms with Crippen LogP contribution in [0.5, 0.6) is 11.5 Å². The Morgan fingerprint density at radius 1 is 1.07 bits per heavy atom. The average Bonchev–Trinajstić information content (AvgIpc) is 3.21. The third kappa shape index (κ3) is 4.60. The van der Waals surface area contributed by atoms with Gasteiger partial charge in [-0.1, -0.05) is 24.3 Å². The van der Waals surface area contributed by atoms with Crippen molar-refractivity contribution in [3.63, 3.8) is 0 Å². The monoisotopic (exact) mass is 394 g/mol. The molecule has 4 rings (SSSR count). The van der Waals surface area contributed by atoms with Crippen LogP contribution in [0.3, 0.4) is 0 Å². The van der Waals surface area contributed by atoms with Gasteiger partial charge in [0.05, 0.1) is 0 Å². The van der Waals surface area contributed by atoms with E-state index in [1.54, 1.807) is 24.3 Å². The number of ether oxygens (including phenoxy) is 2. The van der Waals surface area contributed by atoms with Gasteiger partial charge in [-0.25, -0.2) is 14.4 Å². The third-order valence-corrected chi connectivity index (χ3v) is 4.45. The molecule has 1 aliphatic rings. The zero-order valence-corrected chi connectivity index (χ0v) is 15.5. The molecule has 7 nitrogen and oxygen atoms in total. The van der Waals surface area contributed by atoms with Gasteiger partial charge in [-0.2, -0.15) is 0 Å². The quantitative estimate of drug-likeness (QED) is 0.641. The first-order valence-corrected chi connectivity index (χ1v) is 9.15. The summed E-state index contributed by atoms with van der Waals surface area (Å²) in [6.45, 7) is 1.02. The summed E-state index contributed by atoms with van der Waals surface area (Å²) in [4.78, 5) is 20.5. The molecule has 148 valence electrons. The zero-order valence-electron chi connectivity index (χ0n) is 15.5. The molecule has 0 radical (unpaired) electrons. The molecular formula is C21H19FN4O3. The Hall–Kier alpha value is -3.68. The minimum absolute atomic E-state index is 0.207. The minimum Gasteiger partial charge on any atom is -0.454 e. The molecular weight excluding hydrogens is 375 g/mol. The van der Waals surface area contributed by atoms with Crippen molar-refractivity contribution in [3.05, 3.63) is 77.5 Å². The summed E-state index contributed by atoms with van der Waals surface area (Å²) in [6.07, 6.45) is 1.82. The van der Waals surface area contributed by atoms with Gasteiger partial charge in [0.15, 0.2) is 11.5 Å². The number of benzene rings is 2. The van der Waals surface area contributed by atoms with Crippen molar-refractivity contribution in [2.75, 3.05) is 18.7 Å². The van der Waals surface area contributed by atoms with E-state index >= 15 is 0 Å². The molecule has 0 aliphatic carbocycles. The first-order chi connectivity index (χ1) is 14.2. The Bertz CT molecular complexity index is 1030. The maximum Gasteiger partial charge on any atom is 0.270 e. The lowest BCUT2D eigenvalue weighted by Crippen LogP contribution is -2.24. The maximum atomic E-state index is 13.7. The van der Waals surface area contributed by atoms with Crippen molar-refractivity contribution in [1.29, 1.82) is 0 Å². The van der Waals surface area contributed by atoms with Crippen molar-refractivity contribution >= 4 is 11.7 Å². The van der Waals surface area contributed by atoms with E-state index in [2.05, 4.69) is 20.6 Å². The van der Waals surface area contributed by atoms with E-state index in [0.717, 1.165) is 5.56 Å². The van der Waals surface area contributed by atoms with E-state index in [0.29, 0.717) is 42.4 Å². The predicted molar refractivity (Wildman–Crippen MR) is 104 cm³/mol. The van der Waals surface area contributed by atoms with Crippen LogP contribution in [0.4, 0.5) is 10.2 Å². The second kappa shape index (κ2) is 8.55. The standard InChI is InChI=1S/C21H19FN4O3/c22-16-4-2-1-3-15(16)7-8-23-20-10-17(25-12-26-20)21(27)24-11-14-5-6-18-19(9-14)29-13-28-18/h1-6,9-10,12H,7-8,11,13H2,(H,24,27)(H,23,25,26). The fourth-order valence-corrected chi connectivity index (χ4v) is 2.93. The van der Waals surface area contributed by atoms with Gasteiger partial charge in [0.1, 0.15) is 23.7 Å². The number of amides is 1. The highest BCUT2D eigenvalue weighted by molar-refractivity contribution is 5.92. The molecule has 29 heavy (non-hydrogen) atoms. The number of aromatic nitrogens is 2. The summed E-state index contributed by atoms with van der Waals surface area (Å²) in [6, 6.07) is 13.7. The minimum atomic E-state index is -0.317. The van der Waals surface area contributed by atoms with Gasteiger partial charge >= 0.3 is 0 Å². The summed E-state index contributed by atoms with van der Waals surface area (Å²) >= 11 is 0. The summed E-state index contributed by atoms with van der Waals surface area (Å²) in [5, 5.41) is 5.91. The van der Waals surface area contributed by atoms with Crippen LogP contribution in [-0.4, -0.2) is 29.2 Å². The first-order valence-electron chi connectivity index (χ1n) is 9.15. The van der Waals surface area contributed by atoms with Crippen LogP contribution in [0, 0.1) is 5.82 Å². The Labute approximate surface area is 166 Å². The van der Waals surface area contributed by atoms with Crippen LogP contribution >= 0.6 is 0 Å². The number of halogens is 1. The molecule has 0 bridgehead atoms. The molecule has 8 heteroatoms. The van der Waals surface area contributed by atoms with Gasteiger partial charge in [0, 0.05) is 19.2 Å². The molecule has 0 unspecified atom stereocenters. The van der Waals surface area contributed by atoms with Crippen LogP contribution in [0.15, 0.2) is 54.9 Å². The molecule has 0 fully saturated rings. The highest BCUT2D eigenvalue weighted by Gasteiger charge is 2.14. The van der Waals surface area contributed by atoms with E-state index in [4.69, 9.17) is 9.47 Å². The van der Waals surface area contributed by atoms with Crippen LogP contribution < -0.4 is 20.1 Å². The largest absolute Gasteiger partial charge is 0.454 e. The molecule has 1 aromatic heterocycles. The predicted octanol–water partition coefficient (Wildman–Crippen LogP) is 2.93. The Morgan fingerprint density at radius 2 is 1.93 bits per heavy atom. The second-order valence-electron chi connectivity index (χ2n) is 6.43. The summed E-state index contributed by atoms with van der Waals surface area (Å²) in [5.74, 6) is 1.31. The molecule has 0 saturated heterocycles. The molecule has 1 aliphatic heterocycles. The molecule has 1 amide bonds. The number of fused-ring (bicyclic) bond motifs is 1. The fraction of sp³-hybridized carbons (Fsp3) is 0.190. The van der Waals surface area contributed by atoms with Gasteiger partial charge in [-0.05, 0) is 35.7 Å². The highest BCUT2D eigenvalue weighted by Crippen LogP contribution is 2.32. The van der Waals surface area contributed by atoms with Gasteiger partial charge in [0.25, 0.3) is 5.91 Å². The topological polar surface area (TPSA) is 85.4 Å². The van der Waals surface area contributed by atoms with Gasteiger partial charge in [-0.3, -0.25) is 4.79 Å². The van der Waals surface area contributed by atoms with E-state index in [9.17, 15) is 9.18 Å². The van der Waals surface area contributed by atoms with E-state index < -0.39 is 0 Å². The van der Waals surface area contributed by atoms with Crippen molar-refractivity contribution < 1.29 is 18.7 Å². The summed E-state index contributed by atoms with van der Waals surface area (Å²) in [5.41, 5.74) is 1.75. The molecule has 2 aromatic carbocycles. The Kier molecular flexibility index (Phi) is 5.51. The number of carbonyl (C=O) groups is 1. The molecule has 2 N–H and O–H groups in total. The van der Waals surface area contributed by atoms with Gasteiger partial charge < -0.3 is 20.1 Å². The number of rotatable bonds is 7. The lowest BCUT2D eigenvalue weighted by atomic mass is 10.1. The molecule has 2 heterocycles. The Balaban J connectivity index is 1.31. The van der Waals surface area contributed by atoms with Crippen molar-refractivity contribution in [3.8, 4) is 11.5 Å². The van der Waals surface area contributed by atoms with Crippen molar-refractivity contribution in [1.82, 2.24) is 15.3 Å². The third-order valence-electron chi connectivity index (χ3n) is 4.45. The van der Waals surface area contributed by atoms with Gasteiger partial charge in [-0.15, -0.1) is 0 Å². The Morgan fingerprint density at radius 3 is 2.83 bits per heavy atom. The molecule has 3 aromatic rings. The fourth-order valence-electron chi connectivity index (χ4n) is 2.93. The number of carbonyl (C=O) groups excluding carboxylic acids is 1. The van der Waals surface area contributed by atoms with Crippen LogP contribution in [0.25, 0.3) is 0 Å². The number of hydrogen-bond donors (Lipinski definition) is 2. The zero-order chi connectivity index (χ0) is 20.1. The number of anilines is 1.